The molecule has 0 atom stereocenters. The number of hydrogen-bond donors (Lipinski definition) is 1. The summed E-state index contributed by atoms with van der Waals surface area (Å²) < 4.78 is 2.03. The highest BCUT2D eigenvalue weighted by molar-refractivity contribution is 14.1. The van der Waals surface area contributed by atoms with Gasteiger partial charge in [0.15, 0.2) is 4.32 Å². The maximum absolute atomic E-state index is 12.8. The fourth-order valence-corrected chi connectivity index (χ4v) is 5.49. The van der Waals surface area contributed by atoms with E-state index < -0.39 is 0 Å². The maximum atomic E-state index is 12.8. The third-order valence-corrected chi connectivity index (χ3v) is 6.83. The fourth-order valence-electron chi connectivity index (χ4n) is 2.37. The Morgan fingerprint density at radius 2 is 1.76 bits per heavy atom. The summed E-state index contributed by atoms with van der Waals surface area (Å²) in [7, 11) is 0. The van der Waals surface area contributed by atoms with E-state index in [4.69, 9.17) is 12.2 Å². The molecule has 2 aromatic rings. The molecule has 1 amide bonds. The zero-order valence-electron chi connectivity index (χ0n) is 13.3. The van der Waals surface area contributed by atoms with Gasteiger partial charge in [-0.05, 0) is 106 Å². The number of amides is 1. The second-order valence-electron chi connectivity index (χ2n) is 5.62. The quantitative estimate of drug-likeness (QED) is 0.279. The van der Waals surface area contributed by atoms with Crippen LogP contribution in [0.3, 0.4) is 0 Å². The summed E-state index contributed by atoms with van der Waals surface area (Å²) >= 11 is 10.9. The smallest absolute Gasteiger partial charge is 0.270 e. The van der Waals surface area contributed by atoms with Crippen molar-refractivity contribution in [3.05, 3.63) is 59.1 Å². The molecular formula is C18H13I2NO2S2. The Balaban J connectivity index is 1.97. The van der Waals surface area contributed by atoms with Gasteiger partial charge in [0.1, 0.15) is 5.75 Å². The predicted molar refractivity (Wildman–Crippen MR) is 125 cm³/mol. The molecule has 0 spiro atoms. The number of phenols is 1. The van der Waals surface area contributed by atoms with Crippen LogP contribution in [-0.2, 0) is 4.79 Å². The predicted octanol–water partition coefficient (Wildman–Crippen LogP) is 5.62. The summed E-state index contributed by atoms with van der Waals surface area (Å²) in [5, 5.41) is 9.89. The minimum Gasteiger partial charge on any atom is -0.506 e. The lowest BCUT2D eigenvalue weighted by Crippen LogP contribution is -2.27. The fraction of sp³-hybridized carbons (Fsp3) is 0.111. The number of phenolic OH excluding ortho intramolecular Hbond substituents is 1. The van der Waals surface area contributed by atoms with Crippen molar-refractivity contribution in [3.8, 4) is 5.75 Å². The van der Waals surface area contributed by atoms with Gasteiger partial charge in [0.25, 0.3) is 5.91 Å². The van der Waals surface area contributed by atoms with E-state index in [1.54, 1.807) is 4.90 Å². The normalized spacial score (nSPS) is 16.2. The van der Waals surface area contributed by atoms with Gasteiger partial charge in [-0.15, -0.1) is 0 Å². The van der Waals surface area contributed by atoms with E-state index in [2.05, 4.69) is 45.2 Å². The molecule has 3 rings (SSSR count). The van der Waals surface area contributed by atoms with Crippen molar-refractivity contribution < 1.29 is 9.90 Å². The van der Waals surface area contributed by atoms with Crippen LogP contribution < -0.4 is 4.90 Å². The van der Waals surface area contributed by atoms with Gasteiger partial charge in [-0.3, -0.25) is 9.69 Å². The molecule has 1 aliphatic heterocycles. The molecule has 1 N–H and O–H groups in total. The summed E-state index contributed by atoms with van der Waals surface area (Å²) in [6, 6.07) is 9.59. The van der Waals surface area contributed by atoms with Gasteiger partial charge < -0.3 is 5.11 Å². The number of carbonyl (C=O) groups is 1. The Morgan fingerprint density at radius 3 is 2.36 bits per heavy atom. The number of rotatable bonds is 2. The van der Waals surface area contributed by atoms with Crippen LogP contribution >= 0.6 is 69.2 Å². The van der Waals surface area contributed by atoms with Crippen molar-refractivity contribution in [2.75, 3.05) is 4.90 Å². The molecule has 0 radical (unpaired) electrons. The molecular weight excluding hydrogens is 580 g/mol. The molecule has 1 fully saturated rings. The molecule has 0 aliphatic carbocycles. The first kappa shape index (κ1) is 19.1. The number of benzene rings is 2. The van der Waals surface area contributed by atoms with E-state index in [0.717, 1.165) is 24.0 Å². The Kier molecular flexibility index (Phi) is 5.76. The lowest BCUT2D eigenvalue weighted by molar-refractivity contribution is -0.113. The SMILES string of the molecule is Cc1ccc(N2C(=O)C(=Cc3cc(I)c(O)c(I)c3)SC2=S)cc1C. The van der Waals surface area contributed by atoms with Crippen LogP contribution in [0.25, 0.3) is 6.08 Å². The van der Waals surface area contributed by atoms with E-state index in [0.29, 0.717) is 9.23 Å². The third kappa shape index (κ3) is 3.88. The van der Waals surface area contributed by atoms with E-state index in [1.165, 1.54) is 17.3 Å². The van der Waals surface area contributed by atoms with E-state index >= 15 is 0 Å². The van der Waals surface area contributed by atoms with Crippen molar-refractivity contribution in [1.29, 1.82) is 0 Å². The zero-order chi connectivity index (χ0) is 18.3. The van der Waals surface area contributed by atoms with Gasteiger partial charge in [-0.2, -0.15) is 0 Å². The lowest BCUT2D eigenvalue weighted by Gasteiger charge is -2.15. The number of aryl methyl sites for hydroxylation is 2. The monoisotopic (exact) mass is 593 g/mol. The first-order valence-corrected chi connectivity index (χ1v) is 10.7. The second-order valence-corrected chi connectivity index (χ2v) is 9.62. The molecule has 3 nitrogen and oxygen atoms in total. The van der Waals surface area contributed by atoms with Crippen molar-refractivity contribution in [2.24, 2.45) is 0 Å². The van der Waals surface area contributed by atoms with E-state index in [-0.39, 0.29) is 11.7 Å². The molecule has 0 unspecified atom stereocenters. The van der Waals surface area contributed by atoms with Crippen LogP contribution in [0.15, 0.2) is 35.2 Å². The summed E-state index contributed by atoms with van der Waals surface area (Å²) in [5.41, 5.74) is 3.97. The number of carbonyl (C=O) groups excluding carboxylic acids is 1. The second kappa shape index (κ2) is 7.53. The van der Waals surface area contributed by atoms with Gasteiger partial charge in [-0.1, -0.05) is 30.0 Å². The number of thioether (sulfide) groups is 1. The summed E-state index contributed by atoms with van der Waals surface area (Å²) in [6.45, 7) is 4.06. The number of anilines is 1. The topological polar surface area (TPSA) is 40.5 Å². The summed E-state index contributed by atoms with van der Waals surface area (Å²) in [5.74, 6) is 0.150. The van der Waals surface area contributed by atoms with Crippen LogP contribution in [-0.4, -0.2) is 15.3 Å². The van der Waals surface area contributed by atoms with Crippen LogP contribution in [0.5, 0.6) is 5.75 Å². The first-order chi connectivity index (χ1) is 11.8. The van der Waals surface area contributed by atoms with Gasteiger partial charge in [-0.25, -0.2) is 0 Å². The standard InChI is InChI=1S/C18H13I2NO2S2/c1-9-3-4-12(5-10(9)2)21-17(23)15(25-18(21)24)8-11-6-13(19)16(22)14(20)7-11/h3-8,22H,1-2H3. The summed E-state index contributed by atoms with van der Waals surface area (Å²) in [6.07, 6.45) is 1.82. The average Bonchev–Trinajstić information content (AvgIpc) is 2.82. The largest absolute Gasteiger partial charge is 0.506 e. The lowest BCUT2D eigenvalue weighted by atomic mass is 10.1. The molecule has 1 heterocycles. The van der Waals surface area contributed by atoms with E-state index in [1.807, 2.05) is 50.3 Å². The molecule has 2 aromatic carbocycles. The van der Waals surface area contributed by atoms with Crippen LogP contribution in [0.1, 0.15) is 16.7 Å². The number of halogens is 2. The molecule has 25 heavy (non-hydrogen) atoms. The number of nitrogens with zero attached hydrogens (tertiary/aromatic N) is 1. The van der Waals surface area contributed by atoms with Gasteiger partial charge in [0.2, 0.25) is 0 Å². The van der Waals surface area contributed by atoms with Gasteiger partial charge in [0.05, 0.1) is 17.7 Å². The third-order valence-electron chi connectivity index (χ3n) is 3.88. The van der Waals surface area contributed by atoms with Gasteiger partial charge in [0, 0.05) is 0 Å². The number of aromatic hydroxyl groups is 1. The minimum atomic E-state index is -0.114. The molecule has 0 aromatic heterocycles. The molecule has 0 bridgehead atoms. The highest BCUT2D eigenvalue weighted by Crippen LogP contribution is 2.37. The average molecular weight is 593 g/mol. The molecule has 128 valence electrons. The highest BCUT2D eigenvalue weighted by Gasteiger charge is 2.33. The van der Waals surface area contributed by atoms with Gasteiger partial charge >= 0.3 is 0 Å². The molecule has 1 saturated heterocycles. The van der Waals surface area contributed by atoms with Crippen molar-refractivity contribution in [1.82, 2.24) is 0 Å². The molecule has 1 aliphatic rings. The van der Waals surface area contributed by atoms with E-state index in [9.17, 15) is 9.90 Å². The number of thiocarbonyl (C=S) groups is 1. The van der Waals surface area contributed by atoms with Crippen LogP contribution in [0.4, 0.5) is 5.69 Å². The van der Waals surface area contributed by atoms with Crippen LogP contribution in [0.2, 0.25) is 0 Å². The summed E-state index contributed by atoms with van der Waals surface area (Å²) in [4.78, 5) is 15.0. The maximum Gasteiger partial charge on any atom is 0.270 e. The highest BCUT2D eigenvalue weighted by atomic mass is 127. The van der Waals surface area contributed by atoms with Crippen molar-refractivity contribution in [3.63, 3.8) is 0 Å². The zero-order valence-corrected chi connectivity index (χ0v) is 19.3. The van der Waals surface area contributed by atoms with Crippen LogP contribution in [0, 0.1) is 21.0 Å². The Hall–Kier alpha value is -0.650. The Labute approximate surface area is 183 Å². The Bertz CT molecular complexity index is 918. The van der Waals surface area contributed by atoms with Crippen molar-refractivity contribution >= 4 is 91.2 Å². The van der Waals surface area contributed by atoms with Crippen molar-refractivity contribution in [2.45, 2.75) is 13.8 Å². The Morgan fingerprint density at radius 1 is 1.12 bits per heavy atom. The molecule has 0 saturated carbocycles. The number of hydrogen-bond acceptors (Lipinski definition) is 4. The molecule has 7 heteroatoms. The minimum absolute atomic E-state index is 0.114. The first-order valence-electron chi connectivity index (χ1n) is 7.31.